The molecule has 31 heavy (non-hydrogen) atoms. The molecule has 0 aliphatic carbocycles. The van der Waals surface area contributed by atoms with Crippen molar-refractivity contribution in [3.8, 4) is 6.07 Å². The van der Waals surface area contributed by atoms with Gasteiger partial charge in [-0.2, -0.15) is 5.26 Å². The Morgan fingerprint density at radius 2 is 1.74 bits per heavy atom. The average Bonchev–Trinajstić information content (AvgIpc) is 2.88. The highest BCUT2D eigenvalue weighted by molar-refractivity contribution is 7.98. The number of nitriles is 1. The van der Waals surface area contributed by atoms with Gasteiger partial charge in [0.05, 0.1) is 21.9 Å². The lowest BCUT2D eigenvalue weighted by Gasteiger charge is -2.37. The minimum Gasteiger partial charge on any atom is -0.340 e. The predicted octanol–water partition coefficient (Wildman–Crippen LogP) is 6.57. The van der Waals surface area contributed by atoms with Crippen LogP contribution in [0.3, 0.4) is 0 Å². The van der Waals surface area contributed by atoms with Crippen LogP contribution in [0.5, 0.6) is 0 Å². The lowest BCUT2D eigenvalue weighted by Crippen LogP contribution is -2.38. The molecule has 0 N–H and O–H groups in total. The summed E-state index contributed by atoms with van der Waals surface area (Å²) in [7, 11) is -3.55. The molecular formula is C25H32N2O2S2. The van der Waals surface area contributed by atoms with Gasteiger partial charge in [0.1, 0.15) is 6.07 Å². The van der Waals surface area contributed by atoms with Crippen LogP contribution < -0.4 is 4.90 Å². The smallest absolute Gasteiger partial charge is 0.181 e. The molecular weight excluding hydrogens is 424 g/mol. The van der Waals surface area contributed by atoms with Gasteiger partial charge in [-0.15, -0.1) is 11.8 Å². The third-order valence-corrected chi connectivity index (χ3v) is 8.97. The van der Waals surface area contributed by atoms with Crippen molar-refractivity contribution in [2.24, 2.45) is 5.41 Å². The van der Waals surface area contributed by atoms with Crippen LogP contribution in [-0.4, -0.2) is 27.0 Å². The normalized spacial score (nSPS) is 16.9. The standard InChI is InChI=1S/C25H32N2O2S2/c1-4-6-13-25(14-7-5-2)18-27(21-11-9-8-10-12-21)22-16-23(30-3)20(17-26)15-24(22)31(28,29)19-25/h8-12,15-16H,4-7,13-14,18-19H2,1-3H3. The van der Waals surface area contributed by atoms with Crippen molar-refractivity contribution in [1.29, 1.82) is 5.26 Å². The number of sulfone groups is 1. The Kier molecular flexibility index (Phi) is 7.72. The molecule has 2 aromatic rings. The fourth-order valence-electron chi connectivity index (χ4n) is 4.58. The van der Waals surface area contributed by atoms with Gasteiger partial charge in [-0.05, 0) is 43.4 Å². The fraction of sp³-hybridized carbons (Fsp3) is 0.480. The summed E-state index contributed by atoms with van der Waals surface area (Å²) in [6.07, 6.45) is 7.81. The molecule has 0 saturated heterocycles. The molecule has 0 unspecified atom stereocenters. The van der Waals surface area contributed by atoms with Crippen LogP contribution in [0.2, 0.25) is 0 Å². The number of benzene rings is 2. The maximum absolute atomic E-state index is 13.7. The second kappa shape index (κ2) is 10.1. The van der Waals surface area contributed by atoms with Gasteiger partial charge in [0.2, 0.25) is 0 Å². The second-order valence-electron chi connectivity index (χ2n) is 8.52. The summed E-state index contributed by atoms with van der Waals surface area (Å²) in [5.41, 5.74) is 1.81. The zero-order valence-corrected chi connectivity index (χ0v) is 20.4. The van der Waals surface area contributed by atoms with Crippen LogP contribution in [-0.2, 0) is 9.84 Å². The largest absolute Gasteiger partial charge is 0.340 e. The van der Waals surface area contributed by atoms with Crippen molar-refractivity contribution in [3.63, 3.8) is 0 Å². The summed E-state index contributed by atoms with van der Waals surface area (Å²) in [5, 5.41) is 9.64. The molecule has 0 fully saturated rings. The Hall–Kier alpha value is -1.97. The van der Waals surface area contributed by atoms with Crippen molar-refractivity contribution in [2.45, 2.75) is 62.2 Å². The first-order valence-electron chi connectivity index (χ1n) is 11.1. The zero-order valence-electron chi connectivity index (χ0n) is 18.7. The lowest BCUT2D eigenvalue weighted by molar-refractivity contribution is 0.270. The van der Waals surface area contributed by atoms with E-state index in [0.717, 1.165) is 49.1 Å². The Labute approximate surface area is 191 Å². The van der Waals surface area contributed by atoms with E-state index in [1.54, 1.807) is 6.07 Å². The molecule has 6 heteroatoms. The monoisotopic (exact) mass is 456 g/mol. The van der Waals surface area contributed by atoms with Gasteiger partial charge in [-0.1, -0.05) is 57.7 Å². The van der Waals surface area contributed by atoms with Gasteiger partial charge < -0.3 is 4.90 Å². The van der Waals surface area contributed by atoms with Crippen molar-refractivity contribution in [3.05, 3.63) is 48.0 Å². The van der Waals surface area contributed by atoms with E-state index in [0.29, 0.717) is 22.7 Å². The summed E-state index contributed by atoms with van der Waals surface area (Å²) >= 11 is 1.48. The van der Waals surface area contributed by atoms with Gasteiger partial charge in [-0.3, -0.25) is 0 Å². The molecule has 0 saturated carbocycles. The molecule has 0 spiro atoms. The molecule has 0 amide bonds. The Balaban J connectivity index is 2.27. The predicted molar refractivity (Wildman–Crippen MR) is 130 cm³/mol. The Bertz CT molecular complexity index is 1040. The number of anilines is 2. The second-order valence-corrected chi connectivity index (χ2v) is 11.3. The first kappa shape index (κ1) is 23.7. The molecule has 3 rings (SSSR count). The highest BCUT2D eigenvalue weighted by Crippen LogP contribution is 2.46. The van der Waals surface area contributed by atoms with Gasteiger partial charge >= 0.3 is 0 Å². The minimum absolute atomic E-state index is 0.139. The molecule has 0 aromatic heterocycles. The van der Waals surface area contributed by atoms with Crippen molar-refractivity contribution in [1.82, 2.24) is 0 Å². The quantitative estimate of drug-likeness (QED) is 0.420. The van der Waals surface area contributed by atoms with Gasteiger partial charge in [0.15, 0.2) is 9.84 Å². The molecule has 1 heterocycles. The number of hydrogen-bond acceptors (Lipinski definition) is 5. The molecule has 2 aromatic carbocycles. The van der Waals surface area contributed by atoms with E-state index in [9.17, 15) is 13.7 Å². The number of fused-ring (bicyclic) bond motifs is 1. The van der Waals surface area contributed by atoms with E-state index >= 15 is 0 Å². The first-order chi connectivity index (χ1) is 14.9. The summed E-state index contributed by atoms with van der Waals surface area (Å²) in [6, 6.07) is 15.8. The van der Waals surface area contributed by atoms with Crippen LogP contribution in [0.1, 0.15) is 57.9 Å². The van der Waals surface area contributed by atoms with E-state index < -0.39 is 9.84 Å². The van der Waals surface area contributed by atoms with Gasteiger partial charge in [0, 0.05) is 22.5 Å². The maximum atomic E-state index is 13.7. The third-order valence-electron chi connectivity index (χ3n) is 6.21. The van der Waals surface area contributed by atoms with Crippen molar-refractivity contribution >= 4 is 33.0 Å². The Morgan fingerprint density at radius 3 is 2.29 bits per heavy atom. The summed E-state index contributed by atoms with van der Waals surface area (Å²) in [5.74, 6) is 0.139. The molecule has 166 valence electrons. The van der Waals surface area contributed by atoms with Crippen LogP contribution >= 0.6 is 11.8 Å². The molecule has 0 bridgehead atoms. The molecule has 0 atom stereocenters. The Morgan fingerprint density at radius 1 is 1.10 bits per heavy atom. The fourth-order valence-corrected chi connectivity index (χ4v) is 7.26. The third kappa shape index (κ3) is 5.10. The SMILES string of the molecule is CCCCC1(CCCC)CN(c2ccccc2)c2cc(SC)c(C#N)cc2S(=O)(=O)C1. The van der Waals surface area contributed by atoms with Gasteiger partial charge in [-0.25, -0.2) is 8.42 Å². The number of rotatable bonds is 8. The number of nitrogens with zero attached hydrogens (tertiary/aromatic N) is 2. The number of hydrogen-bond donors (Lipinski definition) is 0. The average molecular weight is 457 g/mol. The number of thioether (sulfide) groups is 1. The highest BCUT2D eigenvalue weighted by atomic mass is 32.2. The lowest BCUT2D eigenvalue weighted by atomic mass is 9.79. The van der Waals surface area contributed by atoms with Crippen molar-refractivity contribution < 1.29 is 8.42 Å². The minimum atomic E-state index is -3.55. The van der Waals surface area contributed by atoms with Crippen LogP contribution in [0.4, 0.5) is 11.4 Å². The highest BCUT2D eigenvalue weighted by Gasteiger charge is 2.42. The first-order valence-corrected chi connectivity index (χ1v) is 13.9. The van der Waals surface area contributed by atoms with Crippen molar-refractivity contribution in [2.75, 3.05) is 23.5 Å². The van der Waals surface area contributed by atoms with E-state index in [4.69, 9.17) is 0 Å². The van der Waals surface area contributed by atoms with E-state index in [1.807, 2.05) is 42.7 Å². The van der Waals surface area contributed by atoms with E-state index in [1.165, 1.54) is 11.8 Å². The number of unbranched alkanes of at least 4 members (excludes halogenated alkanes) is 2. The molecule has 1 aliphatic heterocycles. The molecule has 4 nitrogen and oxygen atoms in total. The summed E-state index contributed by atoms with van der Waals surface area (Å²) in [4.78, 5) is 3.29. The van der Waals surface area contributed by atoms with Crippen LogP contribution in [0, 0.1) is 16.7 Å². The summed E-state index contributed by atoms with van der Waals surface area (Å²) in [6.45, 7) is 4.99. The molecule has 1 aliphatic rings. The summed E-state index contributed by atoms with van der Waals surface area (Å²) < 4.78 is 27.5. The van der Waals surface area contributed by atoms with E-state index in [-0.39, 0.29) is 11.2 Å². The topological polar surface area (TPSA) is 61.2 Å². The number of para-hydroxylation sites is 1. The van der Waals surface area contributed by atoms with Gasteiger partial charge in [0.25, 0.3) is 0 Å². The maximum Gasteiger partial charge on any atom is 0.181 e. The van der Waals surface area contributed by atoms with E-state index in [2.05, 4.69) is 24.8 Å². The molecule has 0 radical (unpaired) electrons. The van der Waals surface area contributed by atoms with Crippen LogP contribution in [0.15, 0.2) is 52.3 Å². The zero-order chi connectivity index (χ0) is 22.5. The van der Waals surface area contributed by atoms with Crippen LogP contribution in [0.25, 0.3) is 0 Å².